The van der Waals surface area contributed by atoms with Crippen molar-refractivity contribution in [2.24, 2.45) is 0 Å². The maximum Gasteiger partial charge on any atom is 0.469 e. The van der Waals surface area contributed by atoms with Crippen molar-refractivity contribution in [2.75, 3.05) is 6.61 Å². The maximum atomic E-state index is 14.0. The van der Waals surface area contributed by atoms with E-state index in [9.17, 15) is 18.9 Å². The molecule has 1 saturated heterocycles. The van der Waals surface area contributed by atoms with Gasteiger partial charge in [0.25, 0.3) is 0 Å². The summed E-state index contributed by atoms with van der Waals surface area (Å²) in [5.41, 5.74) is -0.122. The molecule has 2 rings (SSSR count). The van der Waals surface area contributed by atoms with E-state index in [1.807, 2.05) is 0 Å². The van der Waals surface area contributed by atoms with Crippen LogP contribution in [0.25, 0.3) is 0 Å². The maximum absolute atomic E-state index is 14.0. The van der Waals surface area contributed by atoms with Crippen LogP contribution in [-0.2, 0) is 13.8 Å². The Bertz CT molecular complexity index is 727. The van der Waals surface area contributed by atoms with Crippen molar-refractivity contribution < 1.29 is 33.1 Å². The standard InChI is InChI=1S/C10H14FN2O7PS/c1-5-3-13(9(14)12-8(5)22)7-2-10(11,15)6(20-7)4-19-21(16,17)18/h3,6-7,15H,2,4H2,1H3,(H,12,14,22)(H2,16,17,18)/t6-,7-,10+/m1/s1. The number of halogens is 1. The predicted molar refractivity (Wildman–Crippen MR) is 73.2 cm³/mol. The van der Waals surface area contributed by atoms with E-state index in [1.54, 1.807) is 6.92 Å². The Labute approximate surface area is 128 Å². The molecule has 4 N–H and O–H groups in total. The van der Waals surface area contributed by atoms with Crippen molar-refractivity contribution in [1.82, 2.24) is 9.55 Å². The molecular formula is C10H14FN2O7PS. The summed E-state index contributed by atoms with van der Waals surface area (Å²) < 4.78 is 35.2. The quantitative estimate of drug-likeness (QED) is 0.446. The van der Waals surface area contributed by atoms with E-state index >= 15 is 0 Å². The lowest BCUT2D eigenvalue weighted by Gasteiger charge is -2.19. The van der Waals surface area contributed by atoms with Crippen molar-refractivity contribution >= 4 is 20.0 Å². The largest absolute Gasteiger partial charge is 0.469 e. The van der Waals surface area contributed by atoms with Crippen LogP contribution in [-0.4, -0.2) is 43.0 Å². The molecule has 2 heterocycles. The van der Waals surface area contributed by atoms with Crippen LogP contribution in [0.3, 0.4) is 0 Å². The van der Waals surface area contributed by atoms with Crippen molar-refractivity contribution in [3.05, 3.63) is 26.9 Å². The van der Waals surface area contributed by atoms with Crippen molar-refractivity contribution in [1.29, 1.82) is 0 Å². The van der Waals surface area contributed by atoms with Gasteiger partial charge in [0, 0.05) is 11.8 Å². The highest BCUT2D eigenvalue weighted by Crippen LogP contribution is 2.41. The lowest BCUT2D eigenvalue weighted by molar-refractivity contribution is -0.149. The van der Waals surface area contributed by atoms with E-state index in [2.05, 4.69) is 9.51 Å². The number of H-pyrrole nitrogens is 1. The Morgan fingerprint density at radius 2 is 2.32 bits per heavy atom. The number of hydrogen-bond donors (Lipinski definition) is 4. The highest BCUT2D eigenvalue weighted by atomic mass is 32.1. The molecule has 0 saturated carbocycles. The fourth-order valence-electron chi connectivity index (χ4n) is 2.01. The number of nitrogens with one attached hydrogen (secondary N) is 1. The minimum atomic E-state index is -4.84. The molecule has 0 radical (unpaired) electrons. The summed E-state index contributed by atoms with van der Waals surface area (Å²) in [4.78, 5) is 31.4. The molecule has 0 unspecified atom stereocenters. The summed E-state index contributed by atoms with van der Waals surface area (Å²) in [5.74, 6) is -2.90. The SMILES string of the molecule is Cc1cn([C@H]2C[C@@](O)(F)[C@@H](COP(=O)(O)O)O2)c(=O)[nH]c1=S. The molecule has 1 aliphatic heterocycles. The highest BCUT2D eigenvalue weighted by Gasteiger charge is 2.50. The molecule has 0 spiro atoms. The van der Waals surface area contributed by atoms with Crippen LogP contribution in [0.2, 0.25) is 0 Å². The second-order valence-corrected chi connectivity index (χ2v) is 6.51. The highest BCUT2D eigenvalue weighted by molar-refractivity contribution is 7.71. The molecule has 1 aromatic rings. The molecule has 0 amide bonds. The van der Waals surface area contributed by atoms with Gasteiger partial charge < -0.3 is 19.6 Å². The molecule has 3 atom stereocenters. The van der Waals surface area contributed by atoms with Gasteiger partial charge in [-0.25, -0.2) is 13.8 Å². The summed E-state index contributed by atoms with van der Waals surface area (Å²) in [7, 11) is -4.84. The fourth-order valence-corrected chi connectivity index (χ4v) is 2.48. The van der Waals surface area contributed by atoms with Crippen LogP contribution in [0, 0.1) is 11.6 Å². The number of alkyl halides is 1. The summed E-state index contributed by atoms with van der Waals surface area (Å²) >= 11 is 4.89. The zero-order valence-electron chi connectivity index (χ0n) is 11.3. The average Bonchev–Trinajstić information content (AvgIpc) is 2.65. The van der Waals surface area contributed by atoms with Gasteiger partial charge >= 0.3 is 13.5 Å². The van der Waals surface area contributed by atoms with Gasteiger partial charge in [-0.05, 0) is 6.92 Å². The van der Waals surface area contributed by atoms with Crippen LogP contribution in [0.1, 0.15) is 18.2 Å². The first-order valence-corrected chi connectivity index (χ1v) is 8.02. The Kier molecular flexibility index (Phi) is 4.69. The lowest BCUT2D eigenvalue weighted by atomic mass is 10.1. The number of aliphatic hydroxyl groups is 1. The molecule has 1 fully saturated rings. The molecule has 0 aromatic carbocycles. The molecule has 9 nitrogen and oxygen atoms in total. The number of aryl methyl sites for hydroxylation is 1. The third kappa shape index (κ3) is 3.87. The third-order valence-electron chi connectivity index (χ3n) is 3.13. The van der Waals surface area contributed by atoms with E-state index < -0.39 is 44.7 Å². The van der Waals surface area contributed by atoms with Gasteiger partial charge in [-0.1, -0.05) is 12.2 Å². The summed E-state index contributed by atoms with van der Waals surface area (Å²) in [5, 5.41) is 9.63. The van der Waals surface area contributed by atoms with Gasteiger partial charge in [-0.2, -0.15) is 0 Å². The molecule has 1 aliphatic rings. The van der Waals surface area contributed by atoms with Crippen LogP contribution in [0.5, 0.6) is 0 Å². The normalized spacial score (nSPS) is 29.0. The van der Waals surface area contributed by atoms with Gasteiger partial charge in [-0.3, -0.25) is 14.1 Å². The zero-order valence-corrected chi connectivity index (χ0v) is 13.0. The van der Waals surface area contributed by atoms with Gasteiger partial charge in [0.05, 0.1) is 13.0 Å². The minimum Gasteiger partial charge on any atom is -0.360 e. The molecule has 12 heteroatoms. The Balaban J connectivity index is 2.23. The van der Waals surface area contributed by atoms with Crippen molar-refractivity contribution in [3.8, 4) is 0 Å². The lowest BCUT2D eigenvalue weighted by Crippen LogP contribution is -2.36. The number of rotatable bonds is 4. The van der Waals surface area contributed by atoms with Gasteiger partial charge in [0.1, 0.15) is 17.0 Å². The first-order chi connectivity index (χ1) is 9.99. The van der Waals surface area contributed by atoms with Crippen LogP contribution in [0.4, 0.5) is 4.39 Å². The van der Waals surface area contributed by atoms with Crippen LogP contribution in [0.15, 0.2) is 11.0 Å². The number of phosphoric acid groups is 1. The monoisotopic (exact) mass is 356 g/mol. The van der Waals surface area contributed by atoms with Crippen molar-refractivity contribution in [2.45, 2.75) is 31.5 Å². The predicted octanol–water partition coefficient (Wildman–Crippen LogP) is 0.269. The fraction of sp³-hybridized carbons (Fsp3) is 0.600. The Morgan fingerprint density at radius 1 is 1.68 bits per heavy atom. The molecule has 1 aromatic heterocycles. The Morgan fingerprint density at radius 3 is 2.91 bits per heavy atom. The Hall–Kier alpha value is -0.940. The smallest absolute Gasteiger partial charge is 0.360 e. The number of ether oxygens (including phenoxy) is 1. The van der Waals surface area contributed by atoms with Crippen LogP contribution >= 0.6 is 20.0 Å². The zero-order chi connectivity index (χ0) is 16.7. The topological polar surface area (TPSA) is 134 Å². The van der Waals surface area contributed by atoms with Gasteiger partial charge in [0.2, 0.25) is 5.85 Å². The van der Waals surface area contributed by atoms with E-state index in [0.717, 1.165) is 4.57 Å². The molecule has 22 heavy (non-hydrogen) atoms. The average molecular weight is 356 g/mol. The number of hydrogen-bond acceptors (Lipinski definition) is 6. The van der Waals surface area contributed by atoms with Gasteiger partial charge in [0.15, 0.2) is 0 Å². The van der Waals surface area contributed by atoms with Crippen LogP contribution < -0.4 is 5.69 Å². The summed E-state index contributed by atoms with van der Waals surface area (Å²) in [6, 6.07) is 0. The number of aromatic nitrogens is 2. The van der Waals surface area contributed by atoms with E-state index in [0.29, 0.717) is 5.56 Å². The third-order valence-corrected chi connectivity index (χ3v) is 4.04. The first-order valence-electron chi connectivity index (χ1n) is 6.08. The molecular weight excluding hydrogens is 342 g/mol. The molecule has 0 aliphatic carbocycles. The second kappa shape index (κ2) is 5.93. The van der Waals surface area contributed by atoms with Crippen molar-refractivity contribution in [3.63, 3.8) is 0 Å². The number of phosphoric ester groups is 1. The number of aromatic amines is 1. The second-order valence-electron chi connectivity index (χ2n) is 4.87. The van der Waals surface area contributed by atoms with E-state index in [4.69, 9.17) is 26.7 Å². The number of nitrogens with zero attached hydrogens (tertiary/aromatic N) is 1. The molecule has 124 valence electrons. The summed E-state index contributed by atoms with van der Waals surface area (Å²) in [6.45, 7) is 0.754. The summed E-state index contributed by atoms with van der Waals surface area (Å²) in [6.07, 6.45) is -2.08. The van der Waals surface area contributed by atoms with Gasteiger partial charge in [-0.15, -0.1) is 0 Å². The first kappa shape index (κ1) is 17.4. The minimum absolute atomic E-state index is 0.219. The van der Waals surface area contributed by atoms with E-state index in [-0.39, 0.29) is 4.64 Å². The molecule has 0 bridgehead atoms. The van der Waals surface area contributed by atoms with E-state index in [1.165, 1.54) is 6.20 Å².